The predicted octanol–water partition coefficient (Wildman–Crippen LogP) is 1.46. The number of nitrogens with zero attached hydrogens (tertiary/aromatic N) is 2. The molecule has 0 bridgehead atoms. The smallest absolute Gasteiger partial charge is 0.414 e. The number of ether oxygens (including phenoxy) is 1. The van der Waals surface area contributed by atoms with Gasteiger partial charge in [0.25, 0.3) is 0 Å². The third kappa shape index (κ3) is 2.51. The van der Waals surface area contributed by atoms with Crippen molar-refractivity contribution in [2.75, 3.05) is 18.0 Å². The summed E-state index contributed by atoms with van der Waals surface area (Å²) in [6.45, 7) is 0.227. The summed E-state index contributed by atoms with van der Waals surface area (Å²) in [6.07, 6.45) is 1.73. The summed E-state index contributed by atoms with van der Waals surface area (Å²) < 4.78 is 21.4. The number of amides is 1. The van der Waals surface area contributed by atoms with E-state index < -0.39 is 35.0 Å². The van der Waals surface area contributed by atoms with Gasteiger partial charge in [-0.15, -0.1) is 0 Å². The molecular formula is C17H16FN3O5. The Labute approximate surface area is 146 Å². The molecule has 2 aromatic rings. The molecule has 1 aromatic carbocycles. The molecule has 2 fully saturated rings. The number of carboxylic acid groups (broad SMARTS) is 1. The van der Waals surface area contributed by atoms with E-state index in [2.05, 4.69) is 0 Å². The van der Waals surface area contributed by atoms with Crippen LogP contribution in [0, 0.1) is 5.82 Å². The zero-order chi connectivity index (χ0) is 18.6. The molecule has 1 atom stereocenters. The van der Waals surface area contributed by atoms with Crippen LogP contribution in [0.5, 0.6) is 0 Å². The lowest BCUT2D eigenvalue weighted by Crippen LogP contribution is -2.28. The first kappa shape index (κ1) is 16.5. The summed E-state index contributed by atoms with van der Waals surface area (Å²) >= 11 is 0. The van der Waals surface area contributed by atoms with Crippen LogP contribution in [0.15, 0.2) is 23.1 Å². The van der Waals surface area contributed by atoms with E-state index >= 15 is 0 Å². The number of anilines is 1. The molecule has 136 valence electrons. The molecule has 1 aromatic heterocycles. The molecule has 0 spiro atoms. The Morgan fingerprint density at radius 2 is 2.08 bits per heavy atom. The van der Waals surface area contributed by atoms with Crippen molar-refractivity contribution in [2.45, 2.75) is 25.0 Å². The van der Waals surface area contributed by atoms with Crippen LogP contribution in [0.3, 0.4) is 0 Å². The van der Waals surface area contributed by atoms with Crippen molar-refractivity contribution in [2.24, 2.45) is 5.73 Å². The third-order valence-electron chi connectivity index (χ3n) is 4.70. The number of carbonyl (C=O) groups is 2. The molecule has 3 N–H and O–H groups in total. The van der Waals surface area contributed by atoms with Gasteiger partial charge in [-0.2, -0.15) is 0 Å². The van der Waals surface area contributed by atoms with Crippen molar-refractivity contribution in [3.8, 4) is 0 Å². The molecule has 1 aliphatic carbocycles. The van der Waals surface area contributed by atoms with Gasteiger partial charge in [-0.1, -0.05) is 0 Å². The molecular weight excluding hydrogens is 345 g/mol. The van der Waals surface area contributed by atoms with Gasteiger partial charge in [0.1, 0.15) is 17.5 Å². The van der Waals surface area contributed by atoms with Crippen LogP contribution in [-0.2, 0) is 4.74 Å². The quantitative estimate of drug-likeness (QED) is 0.852. The fourth-order valence-electron chi connectivity index (χ4n) is 3.21. The topological polar surface area (TPSA) is 115 Å². The summed E-state index contributed by atoms with van der Waals surface area (Å²) in [6, 6.07) is 2.44. The van der Waals surface area contributed by atoms with Crippen LogP contribution < -0.4 is 16.1 Å². The highest BCUT2D eigenvalue weighted by Crippen LogP contribution is 2.38. The average Bonchev–Trinajstić information content (AvgIpc) is 3.37. The second kappa shape index (κ2) is 5.80. The Kier molecular flexibility index (Phi) is 3.69. The lowest BCUT2D eigenvalue weighted by Gasteiger charge is -2.17. The fraction of sp³-hybridized carbons (Fsp3) is 0.353. The van der Waals surface area contributed by atoms with E-state index in [4.69, 9.17) is 10.5 Å². The van der Waals surface area contributed by atoms with Crippen LogP contribution in [0.4, 0.5) is 14.9 Å². The molecule has 1 aliphatic heterocycles. The minimum atomic E-state index is -1.36. The molecule has 1 saturated heterocycles. The highest BCUT2D eigenvalue weighted by molar-refractivity contribution is 5.96. The minimum Gasteiger partial charge on any atom is -0.477 e. The summed E-state index contributed by atoms with van der Waals surface area (Å²) in [5.74, 6) is -2.15. The number of fused-ring (bicyclic) bond motifs is 1. The molecule has 0 radical (unpaired) electrons. The lowest BCUT2D eigenvalue weighted by molar-refractivity contribution is 0.0694. The number of carbonyl (C=O) groups excluding carboxylic acids is 1. The number of cyclic esters (lactones) is 1. The zero-order valence-electron chi connectivity index (χ0n) is 13.6. The summed E-state index contributed by atoms with van der Waals surface area (Å²) in [5.41, 5.74) is 4.72. The Morgan fingerprint density at radius 1 is 1.35 bits per heavy atom. The van der Waals surface area contributed by atoms with E-state index in [1.807, 2.05) is 0 Å². The van der Waals surface area contributed by atoms with Crippen molar-refractivity contribution in [3.05, 3.63) is 39.9 Å². The first-order chi connectivity index (χ1) is 12.4. The Balaban J connectivity index is 1.93. The lowest BCUT2D eigenvalue weighted by atomic mass is 10.1. The van der Waals surface area contributed by atoms with Crippen molar-refractivity contribution in [1.29, 1.82) is 0 Å². The molecule has 1 amide bonds. The summed E-state index contributed by atoms with van der Waals surface area (Å²) in [5, 5.41) is 9.22. The van der Waals surface area contributed by atoms with Gasteiger partial charge in [0, 0.05) is 24.2 Å². The molecule has 9 heteroatoms. The van der Waals surface area contributed by atoms with Crippen LogP contribution in [0.1, 0.15) is 29.2 Å². The van der Waals surface area contributed by atoms with Crippen LogP contribution >= 0.6 is 0 Å². The van der Waals surface area contributed by atoms with E-state index in [1.54, 1.807) is 4.57 Å². The Bertz CT molecular complexity index is 998. The first-order valence-electron chi connectivity index (χ1n) is 8.20. The van der Waals surface area contributed by atoms with E-state index in [0.717, 1.165) is 23.8 Å². The highest BCUT2D eigenvalue weighted by Gasteiger charge is 2.34. The number of nitrogens with two attached hydrogens (primary N) is 1. The molecule has 1 unspecified atom stereocenters. The van der Waals surface area contributed by atoms with Gasteiger partial charge in [-0.25, -0.2) is 14.0 Å². The number of aromatic nitrogens is 1. The maximum Gasteiger partial charge on any atom is 0.414 e. The molecule has 2 heterocycles. The monoisotopic (exact) mass is 361 g/mol. The highest BCUT2D eigenvalue weighted by atomic mass is 19.1. The van der Waals surface area contributed by atoms with Gasteiger partial charge in [0.15, 0.2) is 0 Å². The first-order valence-corrected chi connectivity index (χ1v) is 8.20. The standard InChI is InChI=1S/C17H16FN3O5/c18-12-3-10-13(4-14(12)21-6-9(5-19)26-17(21)25)20(8-1-2-8)7-11(15(10)22)16(23)24/h3-4,7-9H,1-2,5-6,19H2,(H,23,24). The van der Waals surface area contributed by atoms with Crippen molar-refractivity contribution >= 4 is 28.7 Å². The third-order valence-corrected chi connectivity index (χ3v) is 4.70. The number of hydrogen-bond acceptors (Lipinski definition) is 5. The van der Waals surface area contributed by atoms with E-state index in [0.29, 0.717) is 5.52 Å². The number of aromatic carboxylic acids is 1. The second-order valence-corrected chi connectivity index (χ2v) is 6.49. The van der Waals surface area contributed by atoms with Gasteiger partial charge in [-0.05, 0) is 25.0 Å². The van der Waals surface area contributed by atoms with Crippen molar-refractivity contribution in [3.63, 3.8) is 0 Å². The average molecular weight is 361 g/mol. The largest absolute Gasteiger partial charge is 0.477 e. The molecule has 8 nitrogen and oxygen atoms in total. The van der Waals surface area contributed by atoms with E-state index in [9.17, 15) is 23.9 Å². The van der Waals surface area contributed by atoms with Gasteiger partial charge in [0.2, 0.25) is 5.43 Å². The van der Waals surface area contributed by atoms with Crippen molar-refractivity contribution in [1.82, 2.24) is 4.57 Å². The number of halogens is 1. The zero-order valence-corrected chi connectivity index (χ0v) is 13.6. The maximum atomic E-state index is 14.7. The summed E-state index contributed by atoms with van der Waals surface area (Å²) in [7, 11) is 0. The maximum absolute atomic E-state index is 14.7. The number of carboxylic acids is 1. The van der Waals surface area contributed by atoms with E-state index in [1.165, 1.54) is 12.3 Å². The van der Waals surface area contributed by atoms with Crippen molar-refractivity contribution < 1.29 is 23.8 Å². The molecule has 1 saturated carbocycles. The van der Waals surface area contributed by atoms with Gasteiger partial charge >= 0.3 is 12.1 Å². The van der Waals surface area contributed by atoms with Gasteiger partial charge in [0.05, 0.1) is 17.7 Å². The van der Waals surface area contributed by atoms with E-state index in [-0.39, 0.29) is 30.2 Å². The number of pyridine rings is 1. The molecule has 4 rings (SSSR count). The normalized spacial score (nSPS) is 19.8. The van der Waals surface area contributed by atoms with Gasteiger partial charge < -0.3 is 20.1 Å². The molecule has 26 heavy (non-hydrogen) atoms. The number of hydrogen-bond donors (Lipinski definition) is 2. The summed E-state index contributed by atoms with van der Waals surface area (Å²) in [4.78, 5) is 36.9. The predicted molar refractivity (Wildman–Crippen MR) is 90.1 cm³/mol. The second-order valence-electron chi connectivity index (χ2n) is 6.49. The Morgan fingerprint density at radius 3 is 2.65 bits per heavy atom. The minimum absolute atomic E-state index is 0.0182. The molecule has 2 aliphatic rings. The fourth-order valence-corrected chi connectivity index (χ4v) is 3.21. The van der Waals surface area contributed by atoms with Crippen LogP contribution in [0.25, 0.3) is 10.9 Å². The van der Waals surface area contributed by atoms with Crippen LogP contribution in [-0.4, -0.2) is 40.9 Å². The van der Waals surface area contributed by atoms with Crippen LogP contribution in [0.2, 0.25) is 0 Å². The Hall–Kier alpha value is -2.94. The van der Waals surface area contributed by atoms with Gasteiger partial charge in [-0.3, -0.25) is 9.69 Å². The SMILES string of the molecule is NCC1CN(c2cc3c(cc2F)c(=O)c(C(=O)O)cn3C2CC2)C(=O)O1. The number of rotatable bonds is 4. The number of benzene rings is 1.